The fourth-order valence-electron chi connectivity index (χ4n) is 2.62. The van der Waals surface area contributed by atoms with Crippen LogP contribution in [0.1, 0.15) is 22.8 Å². The lowest BCUT2D eigenvalue weighted by Gasteiger charge is -2.17. The summed E-state index contributed by atoms with van der Waals surface area (Å²) in [7, 11) is 1.66. The molecule has 0 saturated carbocycles. The quantitative estimate of drug-likeness (QED) is 0.795. The Kier molecular flexibility index (Phi) is 3.95. The fourth-order valence-corrected chi connectivity index (χ4v) is 2.62. The number of hydrogen-bond donors (Lipinski definition) is 1. The molecular formula is C18H17NO2. The molecule has 0 aliphatic heterocycles. The molecule has 0 radical (unpaired) electrons. The van der Waals surface area contributed by atoms with Crippen molar-refractivity contribution in [2.45, 2.75) is 12.7 Å². The van der Waals surface area contributed by atoms with Crippen LogP contribution in [0.3, 0.4) is 0 Å². The predicted molar refractivity (Wildman–Crippen MR) is 83.0 cm³/mol. The predicted octanol–water partition coefficient (Wildman–Crippen LogP) is 3.46. The van der Waals surface area contributed by atoms with E-state index < -0.39 is 6.10 Å². The van der Waals surface area contributed by atoms with Crippen molar-refractivity contribution in [2.24, 2.45) is 0 Å². The van der Waals surface area contributed by atoms with Crippen molar-refractivity contribution in [1.82, 2.24) is 4.98 Å². The van der Waals surface area contributed by atoms with Crippen molar-refractivity contribution in [2.75, 3.05) is 7.11 Å². The highest BCUT2D eigenvalue weighted by atomic mass is 16.5. The van der Waals surface area contributed by atoms with Gasteiger partial charge in [0.15, 0.2) is 0 Å². The molecule has 21 heavy (non-hydrogen) atoms. The van der Waals surface area contributed by atoms with Crippen LogP contribution in [0.25, 0.3) is 10.9 Å². The molecule has 3 rings (SSSR count). The van der Waals surface area contributed by atoms with E-state index in [9.17, 15) is 5.11 Å². The normalized spacial score (nSPS) is 12.5. The molecule has 1 aromatic heterocycles. The summed E-state index contributed by atoms with van der Waals surface area (Å²) in [4.78, 5) is 4.34. The van der Waals surface area contributed by atoms with Gasteiger partial charge in [-0.15, -0.1) is 0 Å². The Bertz CT molecular complexity index is 750. The average Bonchev–Trinajstić information content (AvgIpc) is 2.54. The first-order valence-corrected chi connectivity index (χ1v) is 6.89. The monoisotopic (exact) mass is 279 g/mol. The lowest BCUT2D eigenvalue weighted by Crippen LogP contribution is -2.05. The Morgan fingerprint density at radius 2 is 1.81 bits per heavy atom. The van der Waals surface area contributed by atoms with E-state index in [0.29, 0.717) is 6.61 Å². The molecule has 0 fully saturated rings. The molecule has 3 nitrogen and oxygen atoms in total. The minimum atomic E-state index is -0.691. The van der Waals surface area contributed by atoms with Crippen molar-refractivity contribution in [1.29, 1.82) is 0 Å². The lowest BCUT2D eigenvalue weighted by molar-refractivity contribution is 0.176. The molecule has 0 amide bonds. The molecule has 0 bridgehead atoms. The zero-order chi connectivity index (χ0) is 14.7. The first-order valence-electron chi connectivity index (χ1n) is 6.89. The Morgan fingerprint density at radius 1 is 1.00 bits per heavy atom. The van der Waals surface area contributed by atoms with Crippen molar-refractivity contribution in [3.05, 3.63) is 77.5 Å². The smallest absolute Gasteiger partial charge is 0.105 e. The van der Waals surface area contributed by atoms with E-state index in [1.54, 1.807) is 13.3 Å². The molecule has 0 aliphatic rings. The second kappa shape index (κ2) is 6.04. The van der Waals surface area contributed by atoms with E-state index in [2.05, 4.69) is 4.98 Å². The molecule has 3 heteroatoms. The Labute approximate surface area is 123 Å². The van der Waals surface area contributed by atoms with E-state index in [1.807, 2.05) is 54.6 Å². The maximum Gasteiger partial charge on any atom is 0.105 e. The Balaban J connectivity index is 2.11. The third-order valence-electron chi connectivity index (χ3n) is 3.62. The molecule has 0 saturated heterocycles. The number of aliphatic hydroxyl groups excluding tert-OH is 1. The van der Waals surface area contributed by atoms with Gasteiger partial charge < -0.3 is 9.84 Å². The standard InChI is InChI=1S/C18H17NO2/c1-21-12-13-6-2-3-7-14(13)18(20)16-8-4-10-17-15(16)9-5-11-19-17/h2-11,18,20H,12H2,1H3. The van der Waals surface area contributed by atoms with Crippen molar-refractivity contribution < 1.29 is 9.84 Å². The molecule has 3 aromatic rings. The number of nitrogens with zero attached hydrogens (tertiary/aromatic N) is 1. The summed E-state index contributed by atoms with van der Waals surface area (Å²) in [6.45, 7) is 0.482. The van der Waals surface area contributed by atoms with Crippen LogP contribution in [0.4, 0.5) is 0 Å². The summed E-state index contributed by atoms with van der Waals surface area (Å²) in [5.74, 6) is 0. The van der Waals surface area contributed by atoms with Gasteiger partial charge in [-0.25, -0.2) is 0 Å². The van der Waals surface area contributed by atoms with E-state index in [0.717, 1.165) is 27.6 Å². The van der Waals surface area contributed by atoms with Crippen molar-refractivity contribution in [3.63, 3.8) is 0 Å². The molecule has 2 aromatic carbocycles. The highest BCUT2D eigenvalue weighted by molar-refractivity contribution is 5.82. The highest BCUT2D eigenvalue weighted by Gasteiger charge is 2.16. The van der Waals surface area contributed by atoms with Crippen LogP contribution in [-0.2, 0) is 11.3 Å². The molecular weight excluding hydrogens is 262 g/mol. The summed E-state index contributed by atoms with van der Waals surface area (Å²) in [6.07, 6.45) is 1.07. The van der Waals surface area contributed by atoms with Gasteiger partial charge in [-0.3, -0.25) is 4.98 Å². The molecule has 106 valence electrons. The number of hydrogen-bond acceptors (Lipinski definition) is 3. The van der Waals surface area contributed by atoms with E-state index in [4.69, 9.17) is 4.74 Å². The van der Waals surface area contributed by atoms with Crippen molar-refractivity contribution >= 4 is 10.9 Å². The number of pyridine rings is 1. The van der Waals surface area contributed by atoms with Crippen LogP contribution in [0.5, 0.6) is 0 Å². The van der Waals surface area contributed by atoms with Gasteiger partial charge >= 0.3 is 0 Å². The highest BCUT2D eigenvalue weighted by Crippen LogP contribution is 2.30. The fraction of sp³-hybridized carbons (Fsp3) is 0.167. The summed E-state index contributed by atoms with van der Waals surface area (Å²) >= 11 is 0. The molecule has 1 unspecified atom stereocenters. The van der Waals surface area contributed by atoms with Gasteiger partial charge in [-0.2, -0.15) is 0 Å². The maximum absolute atomic E-state index is 10.8. The van der Waals surface area contributed by atoms with E-state index in [-0.39, 0.29) is 0 Å². The molecule has 0 aliphatic carbocycles. The molecule has 0 spiro atoms. The number of aliphatic hydroxyl groups is 1. The van der Waals surface area contributed by atoms with Crippen LogP contribution in [-0.4, -0.2) is 17.2 Å². The third-order valence-corrected chi connectivity index (χ3v) is 3.62. The summed E-state index contributed by atoms with van der Waals surface area (Å²) < 4.78 is 5.22. The molecule has 1 heterocycles. The van der Waals surface area contributed by atoms with Crippen LogP contribution in [0.15, 0.2) is 60.8 Å². The number of fused-ring (bicyclic) bond motifs is 1. The summed E-state index contributed by atoms with van der Waals surface area (Å²) in [5.41, 5.74) is 3.62. The SMILES string of the molecule is COCc1ccccc1C(O)c1cccc2ncccc12. The topological polar surface area (TPSA) is 42.4 Å². The minimum Gasteiger partial charge on any atom is -0.384 e. The largest absolute Gasteiger partial charge is 0.384 e. The van der Waals surface area contributed by atoms with Gasteiger partial charge in [0.05, 0.1) is 12.1 Å². The lowest BCUT2D eigenvalue weighted by atomic mass is 9.94. The second-order valence-electron chi connectivity index (χ2n) is 4.95. The minimum absolute atomic E-state index is 0.482. The number of rotatable bonds is 4. The van der Waals surface area contributed by atoms with Crippen molar-refractivity contribution in [3.8, 4) is 0 Å². The van der Waals surface area contributed by atoms with Gasteiger partial charge in [0.1, 0.15) is 6.10 Å². The van der Waals surface area contributed by atoms with Crippen LogP contribution >= 0.6 is 0 Å². The summed E-state index contributed by atoms with van der Waals surface area (Å²) in [5, 5.41) is 11.8. The Morgan fingerprint density at radius 3 is 2.67 bits per heavy atom. The summed E-state index contributed by atoms with van der Waals surface area (Å²) in [6, 6.07) is 17.5. The van der Waals surface area contributed by atoms with Crippen LogP contribution in [0.2, 0.25) is 0 Å². The number of benzene rings is 2. The van der Waals surface area contributed by atoms with Gasteiger partial charge in [-0.05, 0) is 28.8 Å². The number of aromatic nitrogens is 1. The second-order valence-corrected chi connectivity index (χ2v) is 4.95. The first kappa shape index (κ1) is 13.7. The molecule has 1 N–H and O–H groups in total. The first-order chi connectivity index (χ1) is 10.3. The van der Waals surface area contributed by atoms with Gasteiger partial charge in [0.25, 0.3) is 0 Å². The van der Waals surface area contributed by atoms with E-state index >= 15 is 0 Å². The number of ether oxygens (including phenoxy) is 1. The van der Waals surface area contributed by atoms with Gasteiger partial charge in [0, 0.05) is 18.7 Å². The average molecular weight is 279 g/mol. The molecule has 1 atom stereocenters. The zero-order valence-corrected chi connectivity index (χ0v) is 11.9. The Hall–Kier alpha value is -2.23. The van der Waals surface area contributed by atoms with Gasteiger partial charge in [-0.1, -0.05) is 42.5 Å². The third kappa shape index (κ3) is 2.66. The number of methoxy groups -OCH3 is 1. The van der Waals surface area contributed by atoms with E-state index in [1.165, 1.54) is 0 Å². The zero-order valence-electron chi connectivity index (χ0n) is 11.9. The van der Waals surface area contributed by atoms with Crippen LogP contribution < -0.4 is 0 Å². The van der Waals surface area contributed by atoms with Crippen LogP contribution in [0, 0.1) is 0 Å². The maximum atomic E-state index is 10.8. The van der Waals surface area contributed by atoms with Gasteiger partial charge in [0.2, 0.25) is 0 Å².